The van der Waals surface area contributed by atoms with E-state index in [2.05, 4.69) is 74.8 Å². The molecule has 3 heterocycles. The normalized spacial score (nSPS) is 18.2. The third-order valence-electron chi connectivity index (χ3n) is 8.86. The highest BCUT2D eigenvalue weighted by molar-refractivity contribution is 6.16. The van der Waals surface area contributed by atoms with Crippen molar-refractivity contribution in [1.29, 1.82) is 0 Å². The van der Waals surface area contributed by atoms with E-state index in [1.54, 1.807) is 13.8 Å². The number of carbonyl (C=O) groups excluding carboxylic acids is 3. The summed E-state index contributed by atoms with van der Waals surface area (Å²) < 4.78 is 10.4. The highest BCUT2D eigenvalue weighted by Crippen LogP contribution is 2.39. The molecule has 2 atom stereocenters. The molecule has 244 valence electrons. The molecule has 0 spiro atoms. The number of rotatable bonds is 14. The first kappa shape index (κ1) is 33.0. The molecule has 11 nitrogen and oxygen atoms in total. The Morgan fingerprint density at radius 1 is 0.935 bits per heavy atom. The highest BCUT2D eigenvalue weighted by Gasteiger charge is 2.48. The number of nitrogens with one attached hydrogen (secondary N) is 1. The van der Waals surface area contributed by atoms with Crippen molar-refractivity contribution in [2.75, 3.05) is 19.8 Å². The van der Waals surface area contributed by atoms with Gasteiger partial charge in [0.15, 0.2) is 11.6 Å². The fourth-order valence-corrected chi connectivity index (χ4v) is 6.58. The molecule has 0 aliphatic carbocycles. The van der Waals surface area contributed by atoms with Gasteiger partial charge in [0.05, 0.1) is 13.2 Å². The van der Waals surface area contributed by atoms with Gasteiger partial charge in [-0.1, -0.05) is 68.3 Å². The summed E-state index contributed by atoms with van der Waals surface area (Å²) in [7, 11) is 0. The Kier molecular flexibility index (Phi) is 11.0. The average Bonchev–Trinajstić information content (AvgIpc) is 3.72. The molecule has 46 heavy (non-hydrogen) atoms. The van der Waals surface area contributed by atoms with Gasteiger partial charge in [0, 0.05) is 23.8 Å². The van der Waals surface area contributed by atoms with Crippen molar-refractivity contribution in [2.24, 2.45) is 5.92 Å². The SMILES string of the molecule is CCCCCC1=C(Cc2ccc(-c3ccccc3-c3nnn[nH]3)cc2)CN2C(C)CCC(C(=O)C(C(=O)OCC)C(=O)OCC)N12. The van der Waals surface area contributed by atoms with Crippen molar-refractivity contribution in [3.63, 3.8) is 0 Å². The number of hydrazine groups is 1. The van der Waals surface area contributed by atoms with Crippen molar-refractivity contribution >= 4 is 17.7 Å². The van der Waals surface area contributed by atoms with Gasteiger partial charge in [-0.3, -0.25) is 19.4 Å². The van der Waals surface area contributed by atoms with Crippen LogP contribution in [-0.4, -0.2) is 80.2 Å². The molecule has 0 radical (unpaired) electrons. The molecule has 2 aliphatic rings. The van der Waals surface area contributed by atoms with Crippen molar-refractivity contribution in [1.82, 2.24) is 30.6 Å². The predicted octanol–water partition coefficient (Wildman–Crippen LogP) is 5.31. The second-order valence-corrected chi connectivity index (χ2v) is 11.9. The van der Waals surface area contributed by atoms with Gasteiger partial charge < -0.3 is 9.47 Å². The number of nitrogens with zero attached hydrogens (tertiary/aromatic N) is 5. The number of aromatic amines is 1. The number of fused-ring (bicyclic) bond motifs is 1. The maximum absolute atomic E-state index is 14.1. The Balaban J connectivity index is 1.45. The van der Waals surface area contributed by atoms with Gasteiger partial charge in [0.2, 0.25) is 5.92 Å². The zero-order valence-corrected chi connectivity index (χ0v) is 27.2. The number of esters is 2. The zero-order valence-electron chi connectivity index (χ0n) is 27.2. The lowest BCUT2D eigenvalue weighted by Crippen LogP contribution is -2.58. The zero-order chi connectivity index (χ0) is 32.6. The van der Waals surface area contributed by atoms with E-state index >= 15 is 0 Å². The summed E-state index contributed by atoms with van der Waals surface area (Å²) in [6.07, 6.45) is 6.00. The minimum atomic E-state index is -1.59. The van der Waals surface area contributed by atoms with E-state index in [-0.39, 0.29) is 19.3 Å². The number of benzene rings is 2. The van der Waals surface area contributed by atoms with Crippen molar-refractivity contribution in [3.8, 4) is 22.5 Å². The lowest BCUT2D eigenvalue weighted by atomic mass is 9.91. The molecule has 0 bridgehead atoms. The van der Waals surface area contributed by atoms with Crippen LogP contribution in [0.1, 0.15) is 71.8 Å². The first-order chi connectivity index (χ1) is 22.4. The molecule has 5 rings (SSSR count). The molecule has 11 heteroatoms. The monoisotopic (exact) mass is 628 g/mol. The van der Waals surface area contributed by atoms with Gasteiger partial charge in [0.25, 0.3) is 0 Å². The molecule has 1 fully saturated rings. The Bertz CT molecular complexity index is 1520. The first-order valence-electron chi connectivity index (χ1n) is 16.4. The molecule has 3 aromatic rings. The number of carbonyl (C=O) groups is 3. The maximum atomic E-state index is 14.1. The van der Waals surface area contributed by atoms with Crippen LogP contribution in [0.5, 0.6) is 0 Å². The summed E-state index contributed by atoms with van der Waals surface area (Å²) in [6, 6.07) is 16.1. The smallest absolute Gasteiger partial charge is 0.328 e. The summed E-state index contributed by atoms with van der Waals surface area (Å²) in [5.74, 6) is -3.11. The van der Waals surface area contributed by atoms with E-state index in [9.17, 15) is 14.4 Å². The summed E-state index contributed by atoms with van der Waals surface area (Å²) in [5.41, 5.74) is 6.56. The number of unbranched alkanes of at least 4 members (excludes halogenated alkanes) is 2. The number of tetrazole rings is 1. The summed E-state index contributed by atoms with van der Waals surface area (Å²) in [5, 5.41) is 18.8. The van der Waals surface area contributed by atoms with Gasteiger partial charge >= 0.3 is 11.9 Å². The topological polar surface area (TPSA) is 131 Å². The van der Waals surface area contributed by atoms with Crippen molar-refractivity contribution in [2.45, 2.75) is 84.7 Å². The lowest BCUT2D eigenvalue weighted by Gasteiger charge is -2.46. The molecular formula is C35H44N6O5. The Labute approximate surface area is 270 Å². The minimum Gasteiger partial charge on any atom is -0.465 e. The number of ether oxygens (including phenoxy) is 2. The summed E-state index contributed by atoms with van der Waals surface area (Å²) in [4.78, 5) is 39.9. The van der Waals surface area contributed by atoms with E-state index in [0.717, 1.165) is 66.5 Å². The number of hydrogen-bond acceptors (Lipinski definition) is 10. The largest absolute Gasteiger partial charge is 0.465 e. The fraction of sp³-hybridized carbons (Fsp3) is 0.486. The van der Waals surface area contributed by atoms with Gasteiger partial charge in [-0.25, -0.2) is 10.1 Å². The molecular weight excluding hydrogens is 584 g/mol. The molecule has 0 saturated carbocycles. The predicted molar refractivity (Wildman–Crippen MR) is 173 cm³/mol. The number of hydrogen-bond donors (Lipinski definition) is 1. The van der Waals surface area contributed by atoms with E-state index in [0.29, 0.717) is 18.8 Å². The van der Waals surface area contributed by atoms with Crippen LogP contribution in [0, 0.1) is 5.92 Å². The van der Waals surface area contributed by atoms with Crippen LogP contribution in [0.4, 0.5) is 0 Å². The average molecular weight is 629 g/mol. The van der Waals surface area contributed by atoms with Crippen LogP contribution in [0.3, 0.4) is 0 Å². The van der Waals surface area contributed by atoms with Crippen LogP contribution in [0.25, 0.3) is 22.5 Å². The first-order valence-corrected chi connectivity index (χ1v) is 16.4. The molecule has 2 aliphatic heterocycles. The molecule has 2 unspecified atom stereocenters. The standard InChI is InChI=1S/C35H44N6O5/c1-5-8-9-14-29-26(21-24-16-18-25(19-17-24)27-12-10-11-13-28(27)33-36-38-39-37-33)22-40-23(4)15-20-30(41(29)40)32(42)31(34(43)45-6-2)35(44)46-7-3/h10-13,16-19,23,30-31H,5-9,14-15,20-22H2,1-4H3,(H,36,37,38,39). The Morgan fingerprint density at radius 2 is 1.63 bits per heavy atom. The molecule has 1 aromatic heterocycles. The molecule has 1 saturated heterocycles. The van der Waals surface area contributed by atoms with E-state index in [1.807, 2.05) is 18.2 Å². The third-order valence-corrected chi connectivity index (χ3v) is 8.86. The van der Waals surface area contributed by atoms with Gasteiger partial charge in [-0.2, -0.15) is 0 Å². The van der Waals surface area contributed by atoms with Gasteiger partial charge in [0.1, 0.15) is 6.04 Å². The van der Waals surface area contributed by atoms with Crippen LogP contribution in [-0.2, 0) is 30.3 Å². The van der Waals surface area contributed by atoms with Crippen LogP contribution >= 0.6 is 0 Å². The molecule has 0 amide bonds. The number of ketones is 1. The van der Waals surface area contributed by atoms with E-state index in [1.165, 1.54) is 5.57 Å². The second kappa shape index (κ2) is 15.3. The van der Waals surface area contributed by atoms with Crippen LogP contribution in [0.2, 0.25) is 0 Å². The quantitative estimate of drug-likeness (QED) is 0.142. The Hall–Kier alpha value is -4.38. The van der Waals surface area contributed by atoms with E-state index in [4.69, 9.17) is 9.47 Å². The fourth-order valence-electron chi connectivity index (χ4n) is 6.58. The van der Waals surface area contributed by atoms with Crippen molar-refractivity contribution < 1.29 is 23.9 Å². The molecule has 1 N–H and O–H groups in total. The van der Waals surface area contributed by atoms with Gasteiger partial charge in [-0.15, -0.1) is 5.10 Å². The van der Waals surface area contributed by atoms with Gasteiger partial charge in [-0.05, 0) is 85.6 Å². The second-order valence-electron chi connectivity index (χ2n) is 11.9. The summed E-state index contributed by atoms with van der Waals surface area (Å²) in [6.45, 7) is 8.52. The Morgan fingerprint density at radius 3 is 2.26 bits per heavy atom. The van der Waals surface area contributed by atoms with Crippen LogP contribution < -0.4 is 0 Å². The van der Waals surface area contributed by atoms with E-state index < -0.39 is 29.7 Å². The molecule has 2 aromatic carbocycles. The lowest BCUT2D eigenvalue weighted by molar-refractivity contribution is -0.168. The number of Topliss-reactive ketones (excluding diaryl/α,β-unsaturated/α-hetero) is 1. The highest BCUT2D eigenvalue weighted by atomic mass is 16.6. The number of H-pyrrole nitrogens is 1. The summed E-state index contributed by atoms with van der Waals surface area (Å²) >= 11 is 0. The van der Waals surface area contributed by atoms with Crippen LogP contribution in [0.15, 0.2) is 59.8 Å². The number of aromatic nitrogens is 4. The third kappa shape index (κ3) is 7.04. The van der Waals surface area contributed by atoms with Crippen molar-refractivity contribution in [3.05, 3.63) is 65.4 Å². The maximum Gasteiger partial charge on any atom is 0.328 e. The minimum absolute atomic E-state index is 0.0769. The number of allylic oxidation sites excluding steroid dienone is 1.